The number of H-pyrrole nitrogens is 1. The number of hydrogen-bond acceptors (Lipinski definition) is 6. The molecule has 1 saturated heterocycles. The first kappa shape index (κ1) is 16.2. The van der Waals surface area contributed by atoms with E-state index in [1.54, 1.807) is 30.3 Å². The molecule has 0 saturated carbocycles. The monoisotopic (exact) mass is 332 g/mol. The number of aromatic nitrogens is 2. The Bertz CT molecular complexity index is 828. The van der Waals surface area contributed by atoms with E-state index in [2.05, 4.69) is 4.98 Å². The summed E-state index contributed by atoms with van der Waals surface area (Å²) >= 11 is 0. The van der Waals surface area contributed by atoms with Crippen molar-refractivity contribution in [1.82, 2.24) is 9.55 Å². The predicted molar refractivity (Wildman–Crippen MR) is 82.6 cm³/mol. The third-order valence-corrected chi connectivity index (χ3v) is 3.74. The first-order valence-corrected chi connectivity index (χ1v) is 7.42. The summed E-state index contributed by atoms with van der Waals surface area (Å²) in [5, 5.41) is 9.30. The van der Waals surface area contributed by atoms with Crippen molar-refractivity contribution in [3.63, 3.8) is 0 Å². The van der Waals surface area contributed by atoms with E-state index in [9.17, 15) is 19.5 Å². The quantitative estimate of drug-likeness (QED) is 0.765. The van der Waals surface area contributed by atoms with Crippen LogP contribution in [0.25, 0.3) is 0 Å². The molecule has 2 N–H and O–H groups in total. The average molecular weight is 332 g/mol. The van der Waals surface area contributed by atoms with Crippen LogP contribution in [0.1, 0.15) is 23.0 Å². The fourth-order valence-electron chi connectivity index (χ4n) is 2.59. The van der Waals surface area contributed by atoms with Gasteiger partial charge in [0, 0.05) is 18.7 Å². The molecule has 2 heterocycles. The van der Waals surface area contributed by atoms with Crippen molar-refractivity contribution in [3.05, 3.63) is 69.0 Å². The summed E-state index contributed by atoms with van der Waals surface area (Å²) in [4.78, 5) is 37.5. The van der Waals surface area contributed by atoms with Gasteiger partial charge in [0.15, 0.2) is 6.23 Å². The van der Waals surface area contributed by atoms with Crippen molar-refractivity contribution < 1.29 is 19.4 Å². The molecule has 0 radical (unpaired) electrons. The van der Waals surface area contributed by atoms with Gasteiger partial charge in [-0.15, -0.1) is 0 Å². The standard InChI is InChI=1S/C16H16N2O6/c19-9-11-8-12(24-15(21)10-4-2-1-3-5-10)14(23-11)18-7-6-13(20)17-16(18)22/h1-7,11-12,14,19H,8-9H2,(H,17,20,22). The van der Waals surface area contributed by atoms with Crippen LogP contribution in [0.3, 0.4) is 0 Å². The Hall–Kier alpha value is -2.71. The van der Waals surface area contributed by atoms with Gasteiger partial charge in [0.1, 0.15) is 6.10 Å². The predicted octanol–water partition coefficient (Wildman–Crippen LogP) is 0.0420. The van der Waals surface area contributed by atoms with Gasteiger partial charge in [0.05, 0.1) is 18.3 Å². The minimum absolute atomic E-state index is 0.241. The van der Waals surface area contributed by atoms with Crippen LogP contribution in [0.4, 0.5) is 0 Å². The molecule has 1 aromatic carbocycles. The van der Waals surface area contributed by atoms with Gasteiger partial charge in [-0.3, -0.25) is 14.3 Å². The van der Waals surface area contributed by atoms with Crippen LogP contribution in [0.15, 0.2) is 52.2 Å². The largest absolute Gasteiger partial charge is 0.454 e. The van der Waals surface area contributed by atoms with Crippen molar-refractivity contribution in [2.45, 2.75) is 24.9 Å². The van der Waals surface area contributed by atoms with Crippen LogP contribution in [-0.2, 0) is 9.47 Å². The second-order valence-electron chi connectivity index (χ2n) is 5.39. The minimum Gasteiger partial charge on any atom is -0.454 e. The lowest BCUT2D eigenvalue weighted by atomic mass is 10.2. The van der Waals surface area contributed by atoms with Gasteiger partial charge < -0.3 is 14.6 Å². The first-order valence-electron chi connectivity index (χ1n) is 7.42. The Balaban J connectivity index is 1.85. The third-order valence-electron chi connectivity index (χ3n) is 3.74. The molecular formula is C16H16N2O6. The van der Waals surface area contributed by atoms with Gasteiger partial charge in [-0.25, -0.2) is 9.59 Å². The number of esters is 1. The van der Waals surface area contributed by atoms with Crippen LogP contribution in [-0.4, -0.2) is 39.4 Å². The van der Waals surface area contributed by atoms with E-state index in [4.69, 9.17) is 9.47 Å². The van der Waals surface area contributed by atoms with Crippen molar-refractivity contribution in [1.29, 1.82) is 0 Å². The van der Waals surface area contributed by atoms with Crippen molar-refractivity contribution in [3.8, 4) is 0 Å². The number of nitrogens with one attached hydrogen (secondary N) is 1. The molecule has 1 aliphatic heterocycles. The second kappa shape index (κ2) is 6.81. The number of carbonyl (C=O) groups is 1. The first-order chi connectivity index (χ1) is 11.6. The Labute approximate surface area is 136 Å². The molecule has 1 aliphatic rings. The fourth-order valence-corrected chi connectivity index (χ4v) is 2.59. The molecule has 1 fully saturated rings. The number of aromatic amines is 1. The molecule has 0 aliphatic carbocycles. The topological polar surface area (TPSA) is 111 Å². The number of hydrogen-bond donors (Lipinski definition) is 2. The van der Waals surface area contributed by atoms with Crippen molar-refractivity contribution >= 4 is 5.97 Å². The van der Waals surface area contributed by atoms with Gasteiger partial charge in [0.2, 0.25) is 0 Å². The number of carbonyl (C=O) groups excluding carboxylic acids is 1. The number of ether oxygens (including phenoxy) is 2. The van der Waals surface area contributed by atoms with Gasteiger partial charge in [0.25, 0.3) is 5.56 Å². The highest BCUT2D eigenvalue weighted by Crippen LogP contribution is 2.30. The molecule has 0 amide bonds. The smallest absolute Gasteiger partial charge is 0.338 e. The number of aliphatic hydroxyl groups excluding tert-OH is 1. The van der Waals surface area contributed by atoms with Crippen LogP contribution < -0.4 is 11.2 Å². The molecule has 8 heteroatoms. The van der Waals surface area contributed by atoms with Gasteiger partial charge >= 0.3 is 11.7 Å². The summed E-state index contributed by atoms with van der Waals surface area (Å²) in [5.74, 6) is -0.551. The van der Waals surface area contributed by atoms with E-state index < -0.39 is 35.7 Å². The molecule has 3 unspecified atom stereocenters. The summed E-state index contributed by atoms with van der Waals surface area (Å²) in [6.07, 6.45) is -0.736. The van der Waals surface area contributed by atoms with Crippen LogP contribution in [0.2, 0.25) is 0 Å². The zero-order valence-corrected chi connectivity index (χ0v) is 12.6. The summed E-state index contributed by atoms with van der Waals surface area (Å²) in [7, 11) is 0. The number of benzene rings is 1. The summed E-state index contributed by atoms with van der Waals surface area (Å²) < 4.78 is 12.2. The van der Waals surface area contributed by atoms with Crippen molar-refractivity contribution in [2.24, 2.45) is 0 Å². The maximum Gasteiger partial charge on any atom is 0.338 e. The molecular weight excluding hydrogens is 316 g/mol. The lowest BCUT2D eigenvalue weighted by Crippen LogP contribution is -2.36. The van der Waals surface area contributed by atoms with E-state index in [0.29, 0.717) is 5.56 Å². The summed E-state index contributed by atoms with van der Waals surface area (Å²) in [6, 6.07) is 9.60. The van der Waals surface area contributed by atoms with E-state index in [-0.39, 0.29) is 13.0 Å². The van der Waals surface area contributed by atoms with Crippen LogP contribution >= 0.6 is 0 Å². The second-order valence-corrected chi connectivity index (χ2v) is 5.39. The fraction of sp³-hybridized carbons (Fsp3) is 0.312. The number of rotatable bonds is 4. The maximum absolute atomic E-state index is 12.2. The highest BCUT2D eigenvalue weighted by atomic mass is 16.6. The number of nitrogens with zero attached hydrogens (tertiary/aromatic N) is 1. The summed E-state index contributed by atoms with van der Waals surface area (Å²) in [6.45, 7) is -0.270. The van der Waals surface area contributed by atoms with E-state index in [1.165, 1.54) is 12.3 Å². The van der Waals surface area contributed by atoms with E-state index >= 15 is 0 Å². The molecule has 0 bridgehead atoms. The number of aliphatic hydroxyl groups is 1. The highest BCUT2D eigenvalue weighted by molar-refractivity contribution is 5.89. The maximum atomic E-state index is 12.2. The van der Waals surface area contributed by atoms with E-state index in [1.807, 2.05) is 0 Å². The van der Waals surface area contributed by atoms with E-state index in [0.717, 1.165) is 4.57 Å². The molecule has 1 aromatic heterocycles. The zero-order valence-electron chi connectivity index (χ0n) is 12.6. The Kier molecular flexibility index (Phi) is 4.59. The third kappa shape index (κ3) is 3.29. The zero-order chi connectivity index (χ0) is 17.1. The Morgan fingerprint density at radius 3 is 2.71 bits per heavy atom. The van der Waals surface area contributed by atoms with Gasteiger partial charge in [-0.1, -0.05) is 18.2 Å². The lowest BCUT2D eigenvalue weighted by Gasteiger charge is -2.20. The van der Waals surface area contributed by atoms with Crippen LogP contribution in [0.5, 0.6) is 0 Å². The molecule has 3 rings (SSSR count). The Morgan fingerprint density at radius 1 is 1.29 bits per heavy atom. The minimum atomic E-state index is -0.917. The molecule has 2 aromatic rings. The molecule has 8 nitrogen and oxygen atoms in total. The van der Waals surface area contributed by atoms with Crippen LogP contribution in [0, 0.1) is 0 Å². The lowest BCUT2D eigenvalue weighted by molar-refractivity contribution is -0.0602. The summed E-state index contributed by atoms with van der Waals surface area (Å²) in [5.41, 5.74) is -0.838. The van der Waals surface area contributed by atoms with Gasteiger partial charge in [-0.05, 0) is 12.1 Å². The van der Waals surface area contributed by atoms with Crippen molar-refractivity contribution in [2.75, 3.05) is 6.61 Å². The SMILES string of the molecule is O=C(OC1CC(CO)OC1n1ccc(=O)[nH]c1=O)c1ccccc1. The molecule has 0 spiro atoms. The molecule has 126 valence electrons. The average Bonchev–Trinajstić information content (AvgIpc) is 2.98. The highest BCUT2D eigenvalue weighted by Gasteiger charge is 2.39. The Morgan fingerprint density at radius 2 is 2.04 bits per heavy atom. The molecule has 24 heavy (non-hydrogen) atoms. The normalized spacial score (nSPS) is 23.1. The van der Waals surface area contributed by atoms with Gasteiger partial charge in [-0.2, -0.15) is 0 Å². The molecule has 3 atom stereocenters.